The Labute approximate surface area is 86.9 Å². The summed E-state index contributed by atoms with van der Waals surface area (Å²) in [7, 11) is -3.91. The standard InChI is InChI=1S/C8H10N2O4S/c1-2-6-3-4-7(10(11)12)5-8(6)15(9,13)14/h3-5H,2H2,1H3,(H2,9,13,14). The van der Waals surface area contributed by atoms with Gasteiger partial charge < -0.3 is 0 Å². The lowest BCUT2D eigenvalue weighted by atomic mass is 10.1. The second-order valence-electron chi connectivity index (χ2n) is 2.95. The Morgan fingerprint density at radius 3 is 2.47 bits per heavy atom. The maximum Gasteiger partial charge on any atom is 0.270 e. The number of hydrogen-bond acceptors (Lipinski definition) is 4. The number of primary sulfonamides is 1. The lowest BCUT2D eigenvalue weighted by molar-refractivity contribution is -0.385. The van der Waals surface area contributed by atoms with Crippen molar-refractivity contribution in [1.82, 2.24) is 0 Å². The molecule has 1 aromatic carbocycles. The lowest BCUT2D eigenvalue weighted by Gasteiger charge is -2.04. The molecule has 0 aliphatic heterocycles. The fourth-order valence-electron chi connectivity index (χ4n) is 1.21. The average molecular weight is 230 g/mol. The molecular weight excluding hydrogens is 220 g/mol. The van der Waals surface area contributed by atoms with Gasteiger partial charge in [0.2, 0.25) is 10.0 Å². The van der Waals surface area contributed by atoms with Gasteiger partial charge in [-0.15, -0.1) is 0 Å². The van der Waals surface area contributed by atoms with E-state index in [1.807, 2.05) is 0 Å². The van der Waals surface area contributed by atoms with Crippen LogP contribution in [0.15, 0.2) is 23.1 Å². The average Bonchev–Trinajstić information content (AvgIpc) is 2.15. The lowest BCUT2D eigenvalue weighted by Crippen LogP contribution is -2.14. The van der Waals surface area contributed by atoms with Crippen molar-refractivity contribution >= 4 is 15.7 Å². The van der Waals surface area contributed by atoms with Gasteiger partial charge in [-0.2, -0.15) is 0 Å². The van der Waals surface area contributed by atoms with Crippen molar-refractivity contribution in [2.75, 3.05) is 0 Å². The fourth-order valence-corrected chi connectivity index (χ4v) is 2.08. The van der Waals surface area contributed by atoms with E-state index < -0.39 is 14.9 Å². The molecule has 0 atom stereocenters. The van der Waals surface area contributed by atoms with Crippen molar-refractivity contribution in [3.8, 4) is 0 Å². The number of benzene rings is 1. The van der Waals surface area contributed by atoms with Crippen molar-refractivity contribution in [3.63, 3.8) is 0 Å². The van der Waals surface area contributed by atoms with Crippen molar-refractivity contribution in [3.05, 3.63) is 33.9 Å². The molecule has 1 rings (SSSR count). The van der Waals surface area contributed by atoms with Crippen LogP contribution in [0.3, 0.4) is 0 Å². The van der Waals surface area contributed by atoms with Gasteiger partial charge in [-0.1, -0.05) is 13.0 Å². The van der Waals surface area contributed by atoms with Crippen LogP contribution in [-0.4, -0.2) is 13.3 Å². The summed E-state index contributed by atoms with van der Waals surface area (Å²) in [6.45, 7) is 1.75. The van der Waals surface area contributed by atoms with Crippen molar-refractivity contribution < 1.29 is 13.3 Å². The van der Waals surface area contributed by atoms with E-state index in [1.54, 1.807) is 6.92 Å². The summed E-state index contributed by atoms with van der Waals surface area (Å²) in [5, 5.41) is 15.4. The molecule has 0 amide bonds. The van der Waals surface area contributed by atoms with E-state index in [1.165, 1.54) is 12.1 Å². The molecule has 0 saturated carbocycles. The molecular formula is C8H10N2O4S. The van der Waals surface area contributed by atoms with Crippen LogP contribution < -0.4 is 5.14 Å². The van der Waals surface area contributed by atoms with Gasteiger partial charge in [0.25, 0.3) is 5.69 Å². The summed E-state index contributed by atoms with van der Waals surface area (Å²) >= 11 is 0. The maximum absolute atomic E-state index is 11.1. The van der Waals surface area contributed by atoms with E-state index in [0.29, 0.717) is 12.0 Å². The summed E-state index contributed by atoms with van der Waals surface area (Å²) < 4.78 is 22.3. The van der Waals surface area contributed by atoms with E-state index in [-0.39, 0.29) is 10.6 Å². The first-order valence-electron chi connectivity index (χ1n) is 4.16. The number of hydrogen-bond donors (Lipinski definition) is 1. The third-order valence-corrected chi connectivity index (χ3v) is 2.94. The molecule has 0 bridgehead atoms. The Morgan fingerprint density at radius 2 is 2.07 bits per heavy atom. The van der Waals surface area contributed by atoms with Gasteiger partial charge in [-0.3, -0.25) is 10.1 Å². The molecule has 15 heavy (non-hydrogen) atoms. The van der Waals surface area contributed by atoms with Crippen LogP contribution in [0.2, 0.25) is 0 Å². The number of aryl methyl sites for hydroxylation is 1. The van der Waals surface area contributed by atoms with Gasteiger partial charge >= 0.3 is 0 Å². The van der Waals surface area contributed by atoms with Gasteiger partial charge in [0.05, 0.1) is 9.82 Å². The minimum atomic E-state index is -3.91. The van der Waals surface area contributed by atoms with E-state index in [4.69, 9.17) is 5.14 Å². The van der Waals surface area contributed by atoms with Crippen molar-refractivity contribution in [2.24, 2.45) is 5.14 Å². The van der Waals surface area contributed by atoms with Crippen LogP contribution in [0.5, 0.6) is 0 Å². The third kappa shape index (κ3) is 2.51. The quantitative estimate of drug-likeness (QED) is 0.612. The van der Waals surface area contributed by atoms with Crippen LogP contribution >= 0.6 is 0 Å². The Morgan fingerprint density at radius 1 is 1.47 bits per heavy atom. The van der Waals surface area contributed by atoms with Crippen LogP contribution in [0.4, 0.5) is 5.69 Å². The molecule has 1 aromatic rings. The smallest absolute Gasteiger partial charge is 0.258 e. The van der Waals surface area contributed by atoms with E-state index >= 15 is 0 Å². The molecule has 0 fully saturated rings. The summed E-state index contributed by atoms with van der Waals surface area (Å²) in [5.41, 5.74) is 0.194. The molecule has 82 valence electrons. The molecule has 7 heteroatoms. The number of nitro groups is 1. The Kier molecular flexibility index (Phi) is 3.06. The Hall–Kier alpha value is -1.47. The van der Waals surface area contributed by atoms with E-state index in [2.05, 4.69) is 0 Å². The highest BCUT2D eigenvalue weighted by molar-refractivity contribution is 7.89. The molecule has 0 unspecified atom stereocenters. The highest BCUT2D eigenvalue weighted by Crippen LogP contribution is 2.21. The van der Waals surface area contributed by atoms with Crippen molar-refractivity contribution in [1.29, 1.82) is 0 Å². The van der Waals surface area contributed by atoms with Crippen LogP contribution in [0.25, 0.3) is 0 Å². The second-order valence-corrected chi connectivity index (χ2v) is 4.48. The first kappa shape index (κ1) is 11.6. The zero-order valence-corrected chi connectivity index (χ0v) is 8.82. The predicted octanol–water partition coefficient (Wildman–Crippen LogP) is 0.805. The molecule has 0 radical (unpaired) electrons. The third-order valence-electron chi connectivity index (χ3n) is 1.95. The minimum Gasteiger partial charge on any atom is -0.258 e. The van der Waals surface area contributed by atoms with Crippen LogP contribution in [-0.2, 0) is 16.4 Å². The molecule has 6 nitrogen and oxygen atoms in total. The fraction of sp³-hybridized carbons (Fsp3) is 0.250. The molecule has 0 saturated heterocycles. The Balaban J connectivity index is 3.46. The van der Waals surface area contributed by atoms with Crippen molar-refractivity contribution in [2.45, 2.75) is 18.2 Å². The zero-order valence-electron chi connectivity index (χ0n) is 8.00. The normalized spacial score (nSPS) is 11.3. The van der Waals surface area contributed by atoms with E-state index in [0.717, 1.165) is 6.07 Å². The molecule has 0 aliphatic rings. The van der Waals surface area contributed by atoms with Crippen LogP contribution in [0, 0.1) is 10.1 Å². The Bertz CT molecular complexity index is 495. The highest BCUT2D eigenvalue weighted by atomic mass is 32.2. The van der Waals surface area contributed by atoms with Crippen LogP contribution in [0.1, 0.15) is 12.5 Å². The molecule has 0 spiro atoms. The van der Waals surface area contributed by atoms with Gasteiger partial charge in [0, 0.05) is 12.1 Å². The number of nitro benzene ring substituents is 1. The van der Waals surface area contributed by atoms with Gasteiger partial charge in [0.1, 0.15) is 0 Å². The summed E-state index contributed by atoms with van der Waals surface area (Å²) in [5.74, 6) is 0. The predicted molar refractivity (Wildman–Crippen MR) is 53.8 cm³/mol. The van der Waals surface area contributed by atoms with Gasteiger partial charge in [0.15, 0.2) is 0 Å². The topological polar surface area (TPSA) is 103 Å². The zero-order chi connectivity index (χ0) is 11.6. The van der Waals surface area contributed by atoms with E-state index in [9.17, 15) is 18.5 Å². The van der Waals surface area contributed by atoms with Gasteiger partial charge in [-0.25, -0.2) is 13.6 Å². The molecule has 0 heterocycles. The maximum atomic E-state index is 11.1. The molecule has 0 aliphatic carbocycles. The SMILES string of the molecule is CCc1ccc([N+](=O)[O-])cc1S(N)(=O)=O. The van der Waals surface area contributed by atoms with Gasteiger partial charge in [-0.05, 0) is 12.0 Å². The number of rotatable bonds is 3. The minimum absolute atomic E-state index is 0.181. The number of nitrogens with zero attached hydrogens (tertiary/aromatic N) is 1. The summed E-state index contributed by atoms with van der Waals surface area (Å²) in [6.07, 6.45) is 0.448. The first-order valence-corrected chi connectivity index (χ1v) is 5.71. The highest BCUT2D eigenvalue weighted by Gasteiger charge is 2.17. The first-order chi connectivity index (χ1) is 6.86. The second kappa shape index (κ2) is 3.95. The number of non-ortho nitro benzene ring substituents is 1. The largest absolute Gasteiger partial charge is 0.270 e. The summed E-state index contributed by atoms with van der Waals surface area (Å²) in [6, 6.07) is 3.64. The number of nitrogens with two attached hydrogens (primary N) is 1. The summed E-state index contributed by atoms with van der Waals surface area (Å²) in [4.78, 5) is 9.61. The molecule has 0 aromatic heterocycles. The monoisotopic (exact) mass is 230 g/mol. The number of sulfonamides is 1. The molecule has 2 N–H and O–H groups in total.